The zero-order valence-corrected chi connectivity index (χ0v) is 11.4. The van der Waals surface area contributed by atoms with Crippen LogP contribution in [0, 0.1) is 18.8 Å². The molecule has 1 nitrogen and oxygen atoms in total. The Morgan fingerprint density at radius 1 is 1.12 bits per heavy atom. The van der Waals surface area contributed by atoms with Crippen LogP contribution in [-0.2, 0) is 6.54 Å². The lowest BCUT2D eigenvalue weighted by Crippen LogP contribution is -2.90. The van der Waals surface area contributed by atoms with Crippen LogP contribution in [0.2, 0.25) is 0 Å². The summed E-state index contributed by atoms with van der Waals surface area (Å²) in [5, 5.41) is 2.56. The highest BCUT2D eigenvalue weighted by atomic mass is 14.9. The van der Waals surface area contributed by atoms with Gasteiger partial charge in [0.15, 0.2) is 0 Å². The van der Waals surface area contributed by atoms with Crippen LogP contribution < -0.4 is 5.32 Å². The highest BCUT2D eigenvalue weighted by Crippen LogP contribution is 2.27. The van der Waals surface area contributed by atoms with Crippen LogP contribution in [-0.4, -0.2) is 6.04 Å². The van der Waals surface area contributed by atoms with Crippen molar-refractivity contribution < 1.29 is 5.32 Å². The lowest BCUT2D eigenvalue weighted by molar-refractivity contribution is -0.713. The van der Waals surface area contributed by atoms with E-state index in [1.165, 1.54) is 30.4 Å². The fourth-order valence-corrected chi connectivity index (χ4v) is 2.97. The fourth-order valence-electron chi connectivity index (χ4n) is 2.97. The monoisotopic (exact) mass is 232 g/mol. The third-order valence-corrected chi connectivity index (χ3v) is 4.55. The minimum absolute atomic E-state index is 0.833. The van der Waals surface area contributed by atoms with Crippen LogP contribution in [0.5, 0.6) is 0 Å². The number of rotatable bonds is 3. The molecule has 1 aliphatic carbocycles. The predicted molar refractivity (Wildman–Crippen MR) is 72.8 cm³/mol. The van der Waals surface area contributed by atoms with Gasteiger partial charge in [0.2, 0.25) is 0 Å². The molecular weight excluding hydrogens is 206 g/mol. The van der Waals surface area contributed by atoms with E-state index in [2.05, 4.69) is 50.4 Å². The Morgan fingerprint density at radius 3 is 2.53 bits per heavy atom. The molecule has 2 rings (SSSR count). The van der Waals surface area contributed by atoms with E-state index in [1.54, 1.807) is 0 Å². The van der Waals surface area contributed by atoms with Crippen molar-refractivity contribution in [3.63, 3.8) is 0 Å². The van der Waals surface area contributed by atoms with E-state index in [0.717, 1.165) is 24.4 Å². The smallest absolute Gasteiger partial charge is 0.101 e. The molecule has 0 unspecified atom stereocenters. The molecule has 0 amide bonds. The third-order valence-electron chi connectivity index (χ3n) is 4.55. The zero-order chi connectivity index (χ0) is 12.3. The van der Waals surface area contributed by atoms with Gasteiger partial charge in [-0.1, -0.05) is 43.7 Å². The number of hydrogen-bond acceptors (Lipinski definition) is 0. The van der Waals surface area contributed by atoms with Gasteiger partial charge in [0.25, 0.3) is 0 Å². The van der Waals surface area contributed by atoms with E-state index < -0.39 is 0 Å². The quantitative estimate of drug-likeness (QED) is 0.825. The standard InChI is InChI=1S/C16H25N/c1-12-7-9-15(10-8-12)11-17-16-6-4-5-13(2)14(16)3/h7-10,13-14,16-17H,4-6,11H2,1-3H3/p+1/t13-,14+,16+/m0/s1. The third kappa shape index (κ3) is 3.32. The van der Waals surface area contributed by atoms with Crippen LogP contribution in [0.1, 0.15) is 44.2 Å². The highest BCUT2D eigenvalue weighted by Gasteiger charge is 2.29. The Hall–Kier alpha value is -0.820. The van der Waals surface area contributed by atoms with Crippen LogP contribution in [0.15, 0.2) is 24.3 Å². The number of hydrogen-bond donors (Lipinski definition) is 1. The van der Waals surface area contributed by atoms with Crippen molar-refractivity contribution in [2.24, 2.45) is 11.8 Å². The molecule has 2 N–H and O–H groups in total. The minimum atomic E-state index is 0.833. The lowest BCUT2D eigenvalue weighted by Gasteiger charge is -2.32. The van der Waals surface area contributed by atoms with Crippen molar-refractivity contribution in [3.05, 3.63) is 35.4 Å². The molecule has 17 heavy (non-hydrogen) atoms. The average Bonchev–Trinajstić information content (AvgIpc) is 2.33. The van der Waals surface area contributed by atoms with Gasteiger partial charge in [-0.15, -0.1) is 0 Å². The maximum absolute atomic E-state index is 2.56. The van der Waals surface area contributed by atoms with E-state index in [1.807, 2.05) is 0 Å². The molecule has 3 atom stereocenters. The first kappa shape index (κ1) is 12.6. The second kappa shape index (κ2) is 5.68. The van der Waals surface area contributed by atoms with Gasteiger partial charge < -0.3 is 5.32 Å². The molecule has 0 spiro atoms. The molecule has 94 valence electrons. The van der Waals surface area contributed by atoms with Crippen molar-refractivity contribution in [2.45, 2.75) is 52.6 Å². The van der Waals surface area contributed by atoms with E-state index >= 15 is 0 Å². The molecule has 1 aromatic rings. The van der Waals surface area contributed by atoms with Gasteiger partial charge in [0.1, 0.15) is 6.54 Å². The van der Waals surface area contributed by atoms with Crippen molar-refractivity contribution in [2.75, 3.05) is 0 Å². The molecule has 0 aliphatic heterocycles. The Labute approximate surface area is 106 Å². The second-order valence-electron chi connectivity index (χ2n) is 5.86. The number of benzene rings is 1. The summed E-state index contributed by atoms with van der Waals surface area (Å²) in [4.78, 5) is 0. The van der Waals surface area contributed by atoms with E-state index in [-0.39, 0.29) is 0 Å². The van der Waals surface area contributed by atoms with Gasteiger partial charge in [-0.25, -0.2) is 0 Å². The Bertz CT molecular complexity index is 341. The summed E-state index contributed by atoms with van der Waals surface area (Å²) in [6.45, 7) is 8.14. The molecule has 1 aliphatic rings. The number of nitrogens with two attached hydrogens (primary N) is 1. The van der Waals surface area contributed by atoms with Crippen LogP contribution in [0.25, 0.3) is 0 Å². The van der Waals surface area contributed by atoms with Crippen LogP contribution >= 0.6 is 0 Å². The molecule has 0 bridgehead atoms. The van der Waals surface area contributed by atoms with Crippen molar-refractivity contribution in [1.29, 1.82) is 0 Å². The summed E-state index contributed by atoms with van der Waals surface area (Å²) in [7, 11) is 0. The lowest BCUT2D eigenvalue weighted by atomic mass is 9.78. The van der Waals surface area contributed by atoms with Gasteiger partial charge in [-0.3, -0.25) is 0 Å². The number of aryl methyl sites for hydroxylation is 1. The SMILES string of the molecule is Cc1ccc(C[NH2+][C@@H]2CCC[C@H](C)[C@H]2C)cc1. The zero-order valence-electron chi connectivity index (χ0n) is 11.4. The van der Waals surface area contributed by atoms with E-state index in [9.17, 15) is 0 Å². The summed E-state index contributed by atoms with van der Waals surface area (Å²) in [5.41, 5.74) is 2.81. The molecular formula is C16H26N+. The van der Waals surface area contributed by atoms with E-state index in [4.69, 9.17) is 0 Å². The topological polar surface area (TPSA) is 16.6 Å². The Kier molecular flexibility index (Phi) is 4.22. The summed E-state index contributed by atoms with van der Waals surface area (Å²) < 4.78 is 0. The van der Waals surface area contributed by atoms with Crippen LogP contribution in [0.4, 0.5) is 0 Å². The first-order chi connectivity index (χ1) is 8.16. The van der Waals surface area contributed by atoms with Gasteiger partial charge in [0, 0.05) is 11.5 Å². The van der Waals surface area contributed by atoms with Gasteiger partial charge in [0.05, 0.1) is 6.04 Å². The summed E-state index contributed by atoms with van der Waals surface area (Å²) in [5.74, 6) is 1.78. The number of quaternary nitrogens is 1. The van der Waals surface area contributed by atoms with E-state index in [0.29, 0.717) is 0 Å². The average molecular weight is 232 g/mol. The molecule has 1 saturated carbocycles. The molecule has 1 heteroatoms. The second-order valence-corrected chi connectivity index (χ2v) is 5.86. The summed E-state index contributed by atoms with van der Waals surface area (Å²) in [6, 6.07) is 9.80. The first-order valence-electron chi connectivity index (χ1n) is 7.05. The normalized spacial score (nSPS) is 29.2. The molecule has 0 heterocycles. The van der Waals surface area contributed by atoms with Gasteiger partial charge in [-0.05, 0) is 32.1 Å². The van der Waals surface area contributed by atoms with Crippen LogP contribution in [0.3, 0.4) is 0 Å². The first-order valence-corrected chi connectivity index (χ1v) is 7.05. The maximum Gasteiger partial charge on any atom is 0.101 e. The van der Waals surface area contributed by atoms with Gasteiger partial charge in [-0.2, -0.15) is 0 Å². The molecule has 0 aromatic heterocycles. The molecule has 0 radical (unpaired) electrons. The molecule has 0 saturated heterocycles. The fraction of sp³-hybridized carbons (Fsp3) is 0.625. The molecule has 1 fully saturated rings. The maximum atomic E-state index is 2.56. The van der Waals surface area contributed by atoms with Crippen molar-refractivity contribution in [3.8, 4) is 0 Å². The van der Waals surface area contributed by atoms with Crippen molar-refractivity contribution >= 4 is 0 Å². The van der Waals surface area contributed by atoms with Crippen molar-refractivity contribution in [1.82, 2.24) is 0 Å². The molecule has 1 aromatic carbocycles. The largest absolute Gasteiger partial charge is 0.340 e. The summed E-state index contributed by atoms with van der Waals surface area (Å²) >= 11 is 0. The van der Waals surface area contributed by atoms with Gasteiger partial charge >= 0.3 is 0 Å². The summed E-state index contributed by atoms with van der Waals surface area (Å²) in [6.07, 6.45) is 4.24. The minimum Gasteiger partial charge on any atom is -0.340 e. The Morgan fingerprint density at radius 2 is 1.82 bits per heavy atom. The Balaban J connectivity index is 1.87. The highest BCUT2D eigenvalue weighted by molar-refractivity contribution is 5.20. The predicted octanol–water partition coefficient (Wildman–Crippen LogP) is 2.88.